The molecule has 204 valence electrons. The highest BCUT2D eigenvalue weighted by molar-refractivity contribution is 7.16. The third kappa shape index (κ3) is 5.99. The number of rotatable bonds is 8. The Bertz CT molecular complexity index is 1600. The number of hydrogen-bond donors (Lipinski definition) is 1. The molecule has 4 rings (SSSR count). The van der Waals surface area contributed by atoms with E-state index in [1.165, 1.54) is 48.8 Å². The van der Waals surface area contributed by atoms with Gasteiger partial charge in [-0.1, -0.05) is 23.7 Å². The summed E-state index contributed by atoms with van der Waals surface area (Å²) in [5.74, 6) is -1.68. The third-order valence-electron chi connectivity index (χ3n) is 5.57. The van der Waals surface area contributed by atoms with Crippen LogP contribution in [0, 0.1) is 0 Å². The maximum atomic E-state index is 13.7. The van der Waals surface area contributed by atoms with Gasteiger partial charge < -0.3 is 14.8 Å². The van der Waals surface area contributed by atoms with Gasteiger partial charge in [0.15, 0.2) is 5.88 Å². The average molecular weight is 581 g/mol. The van der Waals surface area contributed by atoms with Gasteiger partial charge in [0.05, 0.1) is 41.8 Å². The molecule has 9 nitrogen and oxygen atoms in total. The number of pyridine rings is 1. The molecule has 0 aliphatic heterocycles. The van der Waals surface area contributed by atoms with E-state index in [0.29, 0.717) is 4.34 Å². The van der Waals surface area contributed by atoms with Crippen LogP contribution in [0.4, 0.5) is 19.0 Å². The number of aromatic nitrogens is 3. The predicted octanol–water partition coefficient (Wildman–Crippen LogP) is 4.93. The molecule has 0 saturated carbocycles. The molecule has 0 atom stereocenters. The topological polar surface area (TPSA) is 104 Å². The number of carbonyl (C=O) groups excluding carboxylic acids is 2. The first kappa shape index (κ1) is 27.9. The van der Waals surface area contributed by atoms with Crippen molar-refractivity contribution >= 4 is 40.6 Å². The maximum Gasteiger partial charge on any atom is 0.417 e. The summed E-state index contributed by atoms with van der Waals surface area (Å²) in [4.78, 5) is 39.4. The van der Waals surface area contributed by atoms with Crippen LogP contribution >= 0.6 is 22.9 Å². The second kappa shape index (κ2) is 11.3. The second-order valence-corrected chi connectivity index (χ2v) is 9.79. The average Bonchev–Trinajstić information content (AvgIpc) is 3.53. The first-order valence-electron chi connectivity index (χ1n) is 11.2. The van der Waals surface area contributed by atoms with Gasteiger partial charge in [0.25, 0.3) is 11.5 Å². The monoisotopic (exact) mass is 580 g/mol. The zero-order valence-electron chi connectivity index (χ0n) is 20.4. The summed E-state index contributed by atoms with van der Waals surface area (Å²) < 4.78 is 53.1. The molecular formula is C25H20ClF3N4O5S. The molecular weight excluding hydrogens is 561 g/mol. The number of hydrogen-bond acceptors (Lipinski definition) is 8. The van der Waals surface area contributed by atoms with Crippen LogP contribution in [-0.2, 0) is 28.8 Å². The lowest BCUT2D eigenvalue weighted by Gasteiger charge is -2.13. The molecule has 0 unspecified atom stereocenters. The minimum absolute atomic E-state index is 0.0224. The highest BCUT2D eigenvalue weighted by atomic mass is 35.5. The Balaban J connectivity index is 1.83. The zero-order valence-corrected chi connectivity index (χ0v) is 22.0. The number of esters is 1. The van der Waals surface area contributed by atoms with Crippen molar-refractivity contribution in [2.24, 2.45) is 0 Å². The van der Waals surface area contributed by atoms with Gasteiger partial charge in [-0.25, -0.2) is 0 Å². The summed E-state index contributed by atoms with van der Waals surface area (Å²) in [6.07, 6.45) is -4.79. The van der Waals surface area contributed by atoms with E-state index in [-0.39, 0.29) is 29.5 Å². The van der Waals surface area contributed by atoms with Gasteiger partial charge in [-0.05, 0) is 36.4 Å². The molecule has 0 saturated heterocycles. The van der Waals surface area contributed by atoms with Gasteiger partial charge >= 0.3 is 12.1 Å². The number of benzene rings is 1. The van der Waals surface area contributed by atoms with Crippen molar-refractivity contribution in [2.75, 3.05) is 19.5 Å². The number of alkyl halides is 3. The van der Waals surface area contributed by atoms with Crippen LogP contribution in [0.3, 0.4) is 0 Å². The van der Waals surface area contributed by atoms with E-state index in [1.54, 1.807) is 12.1 Å². The molecule has 0 spiro atoms. The summed E-state index contributed by atoms with van der Waals surface area (Å²) in [5.41, 5.74) is -2.50. The Morgan fingerprint density at radius 1 is 1.10 bits per heavy atom. The fraction of sp³-hybridized carbons (Fsp3) is 0.200. The number of anilines is 1. The summed E-state index contributed by atoms with van der Waals surface area (Å²) in [7, 11) is 2.47. The van der Waals surface area contributed by atoms with Gasteiger partial charge in [-0.3, -0.25) is 19.0 Å². The van der Waals surface area contributed by atoms with Crippen molar-refractivity contribution in [3.63, 3.8) is 0 Å². The lowest BCUT2D eigenvalue weighted by Crippen LogP contribution is -2.27. The van der Waals surface area contributed by atoms with Gasteiger partial charge in [0.2, 0.25) is 0 Å². The van der Waals surface area contributed by atoms with Crippen LogP contribution < -0.4 is 15.6 Å². The number of ether oxygens (including phenoxy) is 2. The summed E-state index contributed by atoms with van der Waals surface area (Å²) in [6.45, 7) is -0.291. The van der Waals surface area contributed by atoms with E-state index in [0.717, 1.165) is 33.4 Å². The third-order valence-corrected chi connectivity index (χ3v) is 6.80. The minimum atomic E-state index is -4.79. The van der Waals surface area contributed by atoms with Gasteiger partial charge in [0.1, 0.15) is 18.1 Å². The highest BCUT2D eigenvalue weighted by Crippen LogP contribution is 2.33. The lowest BCUT2D eigenvalue weighted by atomic mass is 10.1. The maximum absolute atomic E-state index is 13.7. The molecule has 3 heterocycles. The van der Waals surface area contributed by atoms with E-state index in [9.17, 15) is 27.6 Å². The normalized spacial score (nSPS) is 11.3. The molecule has 1 N–H and O–H groups in total. The Labute approximate surface area is 228 Å². The van der Waals surface area contributed by atoms with Crippen LogP contribution in [0.5, 0.6) is 5.88 Å². The standard InChI is InChI=1S/C25H20ClF3N4O5S/c1-37-21-10-8-16(23(35)32(21)13-22(34)38-2)18-11-20(30-12-14-7-9-19(26)39-14)33(31-18)24(36)15-5-3-4-6-17(15)25(27,28)29/h3-11,30H,12-13H2,1-2H3. The van der Waals surface area contributed by atoms with Gasteiger partial charge in [-0.2, -0.15) is 23.0 Å². The molecule has 0 aliphatic rings. The molecule has 0 aliphatic carbocycles. The summed E-state index contributed by atoms with van der Waals surface area (Å²) >= 11 is 7.26. The van der Waals surface area contributed by atoms with Crippen molar-refractivity contribution in [3.05, 3.63) is 85.3 Å². The SMILES string of the molecule is COC(=O)Cn1c(OC)ccc(-c2cc(NCc3ccc(Cl)s3)n(C(=O)c3ccccc3C(F)(F)F)n2)c1=O. The van der Waals surface area contributed by atoms with Crippen LogP contribution in [0.1, 0.15) is 20.8 Å². The van der Waals surface area contributed by atoms with Crippen LogP contribution in [0.2, 0.25) is 4.34 Å². The molecule has 4 aromatic rings. The summed E-state index contributed by atoms with van der Waals surface area (Å²) in [6, 6.07) is 11.9. The Hall–Kier alpha value is -4.10. The number of halogens is 4. The van der Waals surface area contributed by atoms with Gasteiger partial charge in [-0.15, -0.1) is 11.3 Å². The first-order chi connectivity index (χ1) is 18.5. The number of methoxy groups -OCH3 is 2. The molecule has 0 bridgehead atoms. The van der Waals surface area contributed by atoms with Crippen LogP contribution in [-0.4, -0.2) is 40.4 Å². The van der Waals surface area contributed by atoms with Crippen molar-refractivity contribution in [3.8, 4) is 17.1 Å². The van der Waals surface area contributed by atoms with Gasteiger partial charge in [0, 0.05) is 10.9 Å². The van der Waals surface area contributed by atoms with Crippen LogP contribution in [0.15, 0.2) is 59.4 Å². The predicted molar refractivity (Wildman–Crippen MR) is 138 cm³/mol. The minimum Gasteiger partial charge on any atom is -0.482 e. The van der Waals surface area contributed by atoms with E-state index >= 15 is 0 Å². The number of nitrogens with zero attached hydrogens (tertiary/aromatic N) is 3. The van der Waals surface area contributed by atoms with Crippen molar-refractivity contribution in [1.29, 1.82) is 0 Å². The molecule has 1 aromatic carbocycles. The van der Waals surface area contributed by atoms with E-state index in [1.807, 2.05) is 0 Å². The molecule has 14 heteroatoms. The number of carbonyl (C=O) groups is 2. The Kier molecular flexibility index (Phi) is 8.11. The molecule has 0 fully saturated rings. The van der Waals surface area contributed by atoms with Crippen LogP contribution in [0.25, 0.3) is 11.3 Å². The highest BCUT2D eigenvalue weighted by Gasteiger charge is 2.36. The lowest BCUT2D eigenvalue weighted by molar-refractivity contribution is -0.141. The largest absolute Gasteiger partial charge is 0.482 e. The number of nitrogens with one attached hydrogen (secondary N) is 1. The van der Waals surface area contributed by atoms with Crippen molar-refractivity contribution < 1.29 is 32.2 Å². The van der Waals surface area contributed by atoms with E-state index in [2.05, 4.69) is 15.2 Å². The van der Waals surface area contributed by atoms with E-state index in [4.69, 9.17) is 16.3 Å². The molecule has 3 aromatic heterocycles. The van der Waals surface area contributed by atoms with Crippen molar-refractivity contribution in [1.82, 2.24) is 14.3 Å². The zero-order chi connectivity index (χ0) is 28.3. The molecule has 0 radical (unpaired) electrons. The smallest absolute Gasteiger partial charge is 0.417 e. The Morgan fingerprint density at radius 3 is 2.49 bits per heavy atom. The Morgan fingerprint density at radius 2 is 1.85 bits per heavy atom. The second-order valence-electron chi connectivity index (χ2n) is 7.99. The number of thiophene rings is 1. The van der Waals surface area contributed by atoms with Crippen molar-refractivity contribution in [2.45, 2.75) is 19.3 Å². The first-order valence-corrected chi connectivity index (χ1v) is 12.4. The summed E-state index contributed by atoms with van der Waals surface area (Å²) in [5, 5.41) is 7.18. The molecule has 39 heavy (non-hydrogen) atoms. The van der Waals surface area contributed by atoms with E-state index < -0.39 is 41.3 Å². The fourth-order valence-corrected chi connectivity index (χ4v) is 4.75. The fourth-order valence-electron chi connectivity index (χ4n) is 3.73. The molecule has 0 amide bonds. The quantitative estimate of drug-likeness (QED) is 0.295.